The summed E-state index contributed by atoms with van der Waals surface area (Å²) in [5.41, 5.74) is 0.0249. The fourth-order valence-corrected chi connectivity index (χ4v) is 2.72. The topological polar surface area (TPSA) is 37.4 Å². The molecule has 0 radical (unpaired) electrons. The Balaban J connectivity index is 2.04. The lowest BCUT2D eigenvalue weighted by atomic mass is 9.90. The molecule has 1 unspecified atom stereocenters. The third kappa shape index (κ3) is 2.06. The average Bonchev–Trinajstić information content (AvgIpc) is 2.71. The van der Waals surface area contributed by atoms with E-state index in [9.17, 15) is 9.59 Å². The highest BCUT2D eigenvalue weighted by atomic mass is 16.2. The fraction of sp³-hybridized carbons (Fsp3) is 0.833. The molecule has 1 heterocycles. The van der Waals surface area contributed by atoms with Crippen molar-refractivity contribution >= 4 is 11.7 Å². The van der Waals surface area contributed by atoms with Crippen LogP contribution in [-0.2, 0) is 9.59 Å². The van der Waals surface area contributed by atoms with Crippen LogP contribution in [-0.4, -0.2) is 29.7 Å². The van der Waals surface area contributed by atoms with Crippen molar-refractivity contribution in [3.63, 3.8) is 0 Å². The van der Waals surface area contributed by atoms with Gasteiger partial charge in [0, 0.05) is 19.5 Å². The van der Waals surface area contributed by atoms with Crippen molar-refractivity contribution in [2.75, 3.05) is 13.1 Å². The largest absolute Gasteiger partial charge is 0.342 e. The van der Waals surface area contributed by atoms with Crippen LogP contribution in [0.25, 0.3) is 0 Å². The van der Waals surface area contributed by atoms with E-state index >= 15 is 0 Å². The smallest absolute Gasteiger partial charge is 0.233 e. The highest BCUT2D eigenvalue weighted by Gasteiger charge is 2.43. The van der Waals surface area contributed by atoms with Crippen molar-refractivity contribution in [1.82, 2.24) is 4.90 Å². The lowest BCUT2D eigenvalue weighted by Crippen LogP contribution is -2.35. The summed E-state index contributed by atoms with van der Waals surface area (Å²) in [7, 11) is 0. The van der Waals surface area contributed by atoms with Gasteiger partial charge in [-0.3, -0.25) is 9.59 Å². The first kappa shape index (κ1) is 10.7. The summed E-state index contributed by atoms with van der Waals surface area (Å²) in [4.78, 5) is 25.7. The van der Waals surface area contributed by atoms with Gasteiger partial charge in [0.1, 0.15) is 5.78 Å². The van der Waals surface area contributed by atoms with Gasteiger partial charge in [0.15, 0.2) is 0 Å². The molecule has 0 bridgehead atoms. The van der Waals surface area contributed by atoms with Crippen molar-refractivity contribution in [2.24, 2.45) is 11.3 Å². The zero-order chi connectivity index (χ0) is 11.1. The van der Waals surface area contributed by atoms with E-state index in [0.717, 1.165) is 32.4 Å². The Kier molecular flexibility index (Phi) is 2.57. The molecule has 1 saturated heterocycles. The van der Waals surface area contributed by atoms with Gasteiger partial charge in [-0.15, -0.1) is 0 Å². The predicted molar refractivity (Wildman–Crippen MR) is 57.3 cm³/mol. The Morgan fingerprint density at radius 1 is 1.33 bits per heavy atom. The third-order valence-electron chi connectivity index (χ3n) is 3.51. The zero-order valence-corrected chi connectivity index (χ0v) is 9.58. The van der Waals surface area contributed by atoms with E-state index in [4.69, 9.17) is 0 Å². The number of rotatable bonds is 1. The standard InChI is InChI=1S/C12H19NO2/c1-12(2)7-9(10(14)8-12)11(15)13-5-3-4-6-13/h9H,3-8H2,1-2H3. The van der Waals surface area contributed by atoms with E-state index in [1.54, 1.807) is 0 Å². The molecule has 2 aliphatic rings. The van der Waals surface area contributed by atoms with E-state index in [2.05, 4.69) is 13.8 Å². The Morgan fingerprint density at radius 2 is 1.93 bits per heavy atom. The van der Waals surface area contributed by atoms with E-state index in [0.29, 0.717) is 6.42 Å². The molecular formula is C12H19NO2. The monoisotopic (exact) mass is 209 g/mol. The maximum atomic E-state index is 12.1. The molecule has 0 aromatic heterocycles. The van der Waals surface area contributed by atoms with Gasteiger partial charge in [-0.1, -0.05) is 13.8 Å². The minimum Gasteiger partial charge on any atom is -0.342 e. The predicted octanol–water partition coefficient (Wildman–Crippen LogP) is 1.61. The summed E-state index contributed by atoms with van der Waals surface area (Å²) >= 11 is 0. The van der Waals surface area contributed by atoms with Crippen LogP contribution in [0.2, 0.25) is 0 Å². The van der Waals surface area contributed by atoms with E-state index in [1.165, 1.54) is 0 Å². The summed E-state index contributed by atoms with van der Waals surface area (Å²) in [5.74, 6) is -0.0990. The lowest BCUT2D eigenvalue weighted by molar-refractivity contribution is -0.139. The maximum absolute atomic E-state index is 12.1. The molecule has 1 aliphatic carbocycles. The Morgan fingerprint density at radius 3 is 2.40 bits per heavy atom. The first-order valence-electron chi connectivity index (χ1n) is 5.81. The number of likely N-dealkylation sites (tertiary alicyclic amines) is 1. The summed E-state index contributed by atoms with van der Waals surface area (Å²) in [6.45, 7) is 5.84. The number of carbonyl (C=O) groups excluding carboxylic acids is 2. The summed E-state index contributed by atoms with van der Waals surface area (Å²) in [6, 6.07) is 0. The molecule has 1 aliphatic heterocycles. The summed E-state index contributed by atoms with van der Waals surface area (Å²) in [5, 5.41) is 0. The van der Waals surface area contributed by atoms with Crippen LogP contribution in [0.4, 0.5) is 0 Å². The number of carbonyl (C=O) groups is 2. The number of ketones is 1. The number of Topliss-reactive ketones (excluding diaryl/α,β-unsaturated/α-hetero) is 1. The normalized spacial score (nSPS) is 29.9. The number of hydrogen-bond donors (Lipinski definition) is 0. The van der Waals surface area contributed by atoms with Gasteiger partial charge in [-0.25, -0.2) is 0 Å². The number of hydrogen-bond acceptors (Lipinski definition) is 2. The van der Waals surface area contributed by atoms with Crippen LogP contribution in [0, 0.1) is 11.3 Å². The molecule has 0 aromatic carbocycles. The van der Waals surface area contributed by atoms with Gasteiger partial charge < -0.3 is 4.90 Å². The Hall–Kier alpha value is -0.860. The molecule has 15 heavy (non-hydrogen) atoms. The quantitative estimate of drug-likeness (QED) is 0.615. The van der Waals surface area contributed by atoms with Crippen LogP contribution in [0.1, 0.15) is 39.5 Å². The minimum absolute atomic E-state index is 0.0249. The van der Waals surface area contributed by atoms with Gasteiger partial charge in [0.2, 0.25) is 5.91 Å². The maximum Gasteiger partial charge on any atom is 0.233 e. The highest BCUT2D eigenvalue weighted by Crippen LogP contribution is 2.39. The van der Waals surface area contributed by atoms with Crippen LogP contribution in [0.15, 0.2) is 0 Å². The van der Waals surface area contributed by atoms with Crippen molar-refractivity contribution in [3.8, 4) is 0 Å². The molecule has 2 rings (SSSR count). The molecule has 0 N–H and O–H groups in total. The third-order valence-corrected chi connectivity index (χ3v) is 3.51. The van der Waals surface area contributed by atoms with Crippen molar-refractivity contribution < 1.29 is 9.59 Å². The molecule has 1 atom stereocenters. The Labute approximate surface area is 90.8 Å². The van der Waals surface area contributed by atoms with Crippen molar-refractivity contribution in [2.45, 2.75) is 39.5 Å². The molecule has 3 nitrogen and oxygen atoms in total. The number of amides is 1. The second-order valence-electron chi connectivity index (χ2n) is 5.60. The van der Waals surface area contributed by atoms with E-state index < -0.39 is 0 Å². The minimum atomic E-state index is -0.335. The molecule has 1 saturated carbocycles. The van der Waals surface area contributed by atoms with Gasteiger partial charge >= 0.3 is 0 Å². The number of nitrogens with zero attached hydrogens (tertiary/aromatic N) is 1. The van der Waals surface area contributed by atoms with Gasteiger partial charge in [0.05, 0.1) is 5.92 Å². The molecule has 84 valence electrons. The molecule has 0 spiro atoms. The molecule has 3 heteroatoms. The SMILES string of the molecule is CC1(C)CC(=O)C(C(=O)N2CCCC2)C1. The Bertz CT molecular complexity index is 290. The van der Waals surface area contributed by atoms with Gasteiger partial charge in [0.25, 0.3) is 0 Å². The zero-order valence-electron chi connectivity index (χ0n) is 9.58. The molecule has 2 fully saturated rings. The van der Waals surface area contributed by atoms with E-state index in [1.807, 2.05) is 4.90 Å². The molecular weight excluding hydrogens is 190 g/mol. The first-order chi connectivity index (χ1) is 6.99. The van der Waals surface area contributed by atoms with Crippen LogP contribution >= 0.6 is 0 Å². The van der Waals surface area contributed by atoms with E-state index in [-0.39, 0.29) is 23.0 Å². The average molecular weight is 209 g/mol. The van der Waals surface area contributed by atoms with Crippen molar-refractivity contribution in [3.05, 3.63) is 0 Å². The first-order valence-corrected chi connectivity index (χ1v) is 5.81. The lowest BCUT2D eigenvalue weighted by Gasteiger charge is -2.20. The molecule has 0 aromatic rings. The second-order valence-corrected chi connectivity index (χ2v) is 5.60. The fourth-order valence-electron chi connectivity index (χ4n) is 2.72. The van der Waals surface area contributed by atoms with Crippen molar-refractivity contribution in [1.29, 1.82) is 0 Å². The second kappa shape index (κ2) is 3.62. The van der Waals surface area contributed by atoms with Crippen LogP contribution < -0.4 is 0 Å². The summed E-state index contributed by atoms with van der Waals surface area (Å²) < 4.78 is 0. The van der Waals surface area contributed by atoms with Gasteiger partial charge in [-0.2, -0.15) is 0 Å². The van der Waals surface area contributed by atoms with Crippen LogP contribution in [0.5, 0.6) is 0 Å². The molecule has 1 amide bonds. The van der Waals surface area contributed by atoms with Gasteiger partial charge in [-0.05, 0) is 24.7 Å². The summed E-state index contributed by atoms with van der Waals surface area (Å²) in [6.07, 6.45) is 3.49. The van der Waals surface area contributed by atoms with Crippen LogP contribution in [0.3, 0.4) is 0 Å². The highest BCUT2D eigenvalue weighted by molar-refractivity contribution is 6.03.